The van der Waals surface area contributed by atoms with Crippen LogP contribution in [0.4, 0.5) is 11.4 Å². The Balaban J connectivity index is 1.63. The molecule has 2 fully saturated rings. The van der Waals surface area contributed by atoms with Crippen LogP contribution in [-0.4, -0.2) is 53.5 Å². The molecule has 2 N–H and O–H groups in total. The zero-order chi connectivity index (χ0) is 18.0. The lowest BCUT2D eigenvalue weighted by atomic mass is 10.1. The van der Waals surface area contributed by atoms with Gasteiger partial charge >= 0.3 is 5.97 Å². The number of carbonyl (C=O) groups is 3. The Labute approximate surface area is 146 Å². The number of likely N-dealkylation sites (tertiary alicyclic amines) is 1. The lowest BCUT2D eigenvalue weighted by Crippen LogP contribution is -2.41. The summed E-state index contributed by atoms with van der Waals surface area (Å²) in [5, 5.41) is 12.0. The first-order chi connectivity index (χ1) is 12.0. The molecule has 25 heavy (non-hydrogen) atoms. The van der Waals surface area contributed by atoms with E-state index in [1.807, 2.05) is 17.0 Å². The fourth-order valence-corrected chi connectivity index (χ4v) is 3.43. The third-order valence-electron chi connectivity index (χ3n) is 4.99. The summed E-state index contributed by atoms with van der Waals surface area (Å²) < 4.78 is 0. The lowest BCUT2D eigenvalue weighted by Gasteiger charge is -2.23. The Bertz CT molecular complexity index is 691. The summed E-state index contributed by atoms with van der Waals surface area (Å²) in [4.78, 5) is 39.0. The number of nitrogens with one attached hydrogen (secondary N) is 1. The first-order valence-corrected chi connectivity index (χ1v) is 8.64. The molecule has 2 aliphatic rings. The SMILES string of the molecule is CC(C(=O)Nc1cccc(N2CCCC2=O)c1)N1CCC(C(=O)O)C1. The van der Waals surface area contributed by atoms with Crippen molar-refractivity contribution in [2.24, 2.45) is 5.92 Å². The van der Waals surface area contributed by atoms with Gasteiger partial charge in [-0.05, 0) is 44.5 Å². The molecule has 2 heterocycles. The molecule has 0 saturated carbocycles. The molecule has 0 radical (unpaired) electrons. The quantitative estimate of drug-likeness (QED) is 0.845. The number of hydrogen-bond donors (Lipinski definition) is 2. The molecule has 3 rings (SSSR count). The summed E-state index contributed by atoms with van der Waals surface area (Å²) in [6.07, 6.45) is 1.99. The van der Waals surface area contributed by atoms with Gasteiger partial charge in [-0.15, -0.1) is 0 Å². The van der Waals surface area contributed by atoms with Crippen LogP contribution in [0.3, 0.4) is 0 Å². The van der Waals surface area contributed by atoms with Gasteiger partial charge in [0.2, 0.25) is 11.8 Å². The number of nitrogens with zero attached hydrogens (tertiary/aromatic N) is 2. The van der Waals surface area contributed by atoms with E-state index in [-0.39, 0.29) is 11.8 Å². The van der Waals surface area contributed by atoms with E-state index in [2.05, 4.69) is 5.32 Å². The van der Waals surface area contributed by atoms with Crippen molar-refractivity contribution in [2.45, 2.75) is 32.2 Å². The number of carboxylic acid groups (broad SMARTS) is 1. The summed E-state index contributed by atoms with van der Waals surface area (Å²) in [5.41, 5.74) is 1.43. The summed E-state index contributed by atoms with van der Waals surface area (Å²) in [7, 11) is 0. The summed E-state index contributed by atoms with van der Waals surface area (Å²) in [5.74, 6) is -1.28. The molecule has 1 aromatic rings. The monoisotopic (exact) mass is 345 g/mol. The normalized spacial score (nSPS) is 22.2. The standard InChI is InChI=1S/C18H23N3O4/c1-12(20-9-7-13(11-20)18(24)25)17(23)19-14-4-2-5-15(10-14)21-8-3-6-16(21)22/h2,4-5,10,12-13H,3,6-9,11H2,1H3,(H,19,23)(H,24,25). The van der Waals surface area contributed by atoms with E-state index in [0.717, 1.165) is 12.1 Å². The van der Waals surface area contributed by atoms with Crippen LogP contribution >= 0.6 is 0 Å². The van der Waals surface area contributed by atoms with Gasteiger partial charge in [0, 0.05) is 30.9 Å². The molecule has 7 nitrogen and oxygen atoms in total. The molecular weight excluding hydrogens is 322 g/mol. The van der Waals surface area contributed by atoms with Gasteiger partial charge in [0.1, 0.15) is 0 Å². The van der Waals surface area contributed by atoms with Gasteiger partial charge in [-0.2, -0.15) is 0 Å². The zero-order valence-corrected chi connectivity index (χ0v) is 14.3. The Morgan fingerprint density at radius 3 is 2.76 bits per heavy atom. The van der Waals surface area contributed by atoms with Gasteiger partial charge in [-0.3, -0.25) is 19.3 Å². The largest absolute Gasteiger partial charge is 0.481 e. The second-order valence-corrected chi connectivity index (χ2v) is 6.68. The van der Waals surface area contributed by atoms with Crippen LogP contribution in [0.1, 0.15) is 26.2 Å². The first kappa shape index (κ1) is 17.4. The number of carbonyl (C=O) groups excluding carboxylic acids is 2. The van der Waals surface area contributed by atoms with Crippen LogP contribution in [0.5, 0.6) is 0 Å². The number of carboxylic acids is 1. The molecule has 7 heteroatoms. The van der Waals surface area contributed by atoms with E-state index in [1.165, 1.54) is 0 Å². The molecule has 0 aliphatic carbocycles. The van der Waals surface area contributed by atoms with E-state index in [0.29, 0.717) is 38.2 Å². The minimum absolute atomic E-state index is 0.105. The minimum Gasteiger partial charge on any atom is -0.481 e. The van der Waals surface area contributed by atoms with Crippen molar-refractivity contribution in [3.8, 4) is 0 Å². The smallest absolute Gasteiger partial charge is 0.307 e. The van der Waals surface area contributed by atoms with Gasteiger partial charge in [-0.25, -0.2) is 0 Å². The van der Waals surface area contributed by atoms with Crippen molar-refractivity contribution < 1.29 is 19.5 Å². The lowest BCUT2D eigenvalue weighted by molar-refractivity contribution is -0.141. The third kappa shape index (κ3) is 3.82. The van der Waals surface area contributed by atoms with Gasteiger partial charge in [0.15, 0.2) is 0 Å². The highest BCUT2D eigenvalue weighted by Crippen LogP contribution is 2.25. The molecule has 0 bridgehead atoms. The fraction of sp³-hybridized carbons (Fsp3) is 0.500. The molecule has 2 unspecified atom stereocenters. The van der Waals surface area contributed by atoms with Gasteiger partial charge in [0.25, 0.3) is 0 Å². The number of anilines is 2. The maximum absolute atomic E-state index is 12.5. The molecule has 2 amide bonds. The predicted octanol–water partition coefficient (Wildman–Crippen LogP) is 1.55. The predicted molar refractivity (Wildman–Crippen MR) is 93.4 cm³/mol. The van der Waals surface area contributed by atoms with Gasteiger partial charge in [0.05, 0.1) is 12.0 Å². The zero-order valence-electron chi connectivity index (χ0n) is 14.3. The number of amides is 2. The fourth-order valence-electron chi connectivity index (χ4n) is 3.43. The Morgan fingerprint density at radius 2 is 2.12 bits per heavy atom. The second kappa shape index (κ2) is 7.23. The van der Waals surface area contributed by atoms with Crippen molar-refractivity contribution in [1.29, 1.82) is 0 Å². The van der Waals surface area contributed by atoms with E-state index in [9.17, 15) is 14.4 Å². The Hall–Kier alpha value is -2.41. The molecular formula is C18H23N3O4. The highest BCUT2D eigenvalue weighted by Gasteiger charge is 2.33. The maximum Gasteiger partial charge on any atom is 0.307 e. The van der Waals surface area contributed by atoms with Crippen molar-refractivity contribution in [3.05, 3.63) is 24.3 Å². The van der Waals surface area contributed by atoms with E-state index in [4.69, 9.17) is 5.11 Å². The summed E-state index contributed by atoms with van der Waals surface area (Å²) in [6, 6.07) is 6.87. The number of benzene rings is 1. The topological polar surface area (TPSA) is 90.0 Å². The molecule has 2 atom stereocenters. The van der Waals surface area contributed by atoms with Gasteiger partial charge < -0.3 is 15.3 Å². The van der Waals surface area contributed by atoms with Crippen molar-refractivity contribution in [2.75, 3.05) is 29.9 Å². The van der Waals surface area contributed by atoms with Gasteiger partial charge in [-0.1, -0.05) is 6.07 Å². The highest BCUT2D eigenvalue weighted by molar-refractivity contribution is 5.98. The molecule has 0 spiro atoms. The van der Waals surface area contributed by atoms with Crippen LogP contribution in [-0.2, 0) is 14.4 Å². The molecule has 2 saturated heterocycles. The average molecular weight is 345 g/mol. The molecule has 1 aromatic carbocycles. The van der Waals surface area contributed by atoms with Crippen molar-refractivity contribution in [3.63, 3.8) is 0 Å². The van der Waals surface area contributed by atoms with Crippen molar-refractivity contribution >= 4 is 29.2 Å². The Morgan fingerprint density at radius 1 is 1.32 bits per heavy atom. The summed E-state index contributed by atoms with van der Waals surface area (Å²) in [6.45, 7) is 3.49. The van der Waals surface area contributed by atoms with Crippen molar-refractivity contribution in [1.82, 2.24) is 4.90 Å². The highest BCUT2D eigenvalue weighted by atomic mass is 16.4. The first-order valence-electron chi connectivity index (χ1n) is 8.64. The van der Waals surface area contributed by atoms with Crippen LogP contribution < -0.4 is 10.2 Å². The van der Waals surface area contributed by atoms with E-state index >= 15 is 0 Å². The van der Waals surface area contributed by atoms with E-state index < -0.39 is 17.9 Å². The maximum atomic E-state index is 12.5. The average Bonchev–Trinajstić information content (AvgIpc) is 3.23. The molecule has 2 aliphatic heterocycles. The molecule has 134 valence electrons. The van der Waals surface area contributed by atoms with Crippen LogP contribution in [0.2, 0.25) is 0 Å². The number of rotatable bonds is 5. The van der Waals surface area contributed by atoms with Crippen LogP contribution in [0.15, 0.2) is 24.3 Å². The van der Waals surface area contributed by atoms with E-state index in [1.54, 1.807) is 24.0 Å². The number of hydrogen-bond acceptors (Lipinski definition) is 4. The Kier molecular flexibility index (Phi) is 5.03. The third-order valence-corrected chi connectivity index (χ3v) is 4.99. The van der Waals surface area contributed by atoms with Crippen LogP contribution in [0, 0.1) is 5.92 Å². The molecule has 0 aromatic heterocycles. The number of aliphatic carboxylic acids is 1. The minimum atomic E-state index is -0.807. The summed E-state index contributed by atoms with van der Waals surface area (Å²) >= 11 is 0. The second-order valence-electron chi connectivity index (χ2n) is 6.68. The van der Waals surface area contributed by atoms with Crippen LogP contribution in [0.25, 0.3) is 0 Å².